The summed E-state index contributed by atoms with van der Waals surface area (Å²) in [6.45, 7) is 3.63. The van der Waals surface area contributed by atoms with E-state index in [1.165, 1.54) is 12.3 Å². The summed E-state index contributed by atoms with van der Waals surface area (Å²) < 4.78 is 26.9. The lowest BCUT2D eigenvalue weighted by atomic mass is 10.2. The molecular formula is C13H15N3O2S. The van der Waals surface area contributed by atoms with Crippen LogP contribution in [0.4, 0.5) is 11.4 Å². The van der Waals surface area contributed by atoms with Gasteiger partial charge in [0.25, 0.3) is 10.0 Å². The van der Waals surface area contributed by atoms with Crippen LogP contribution in [-0.4, -0.2) is 13.4 Å². The quantitative estimate of drug-likeness (QED) is 0.841. The molecule has 3 N–H and O–H groups in total. The van der Waals surface area contributed by atoms with Crippen LogP contribution in [0.25, 0.3) is 0 Å². The number of nitrogens with two attached hydrogens (primary N) is 1. The number of benzene rings is 1. The van der Waals surface area contributed by atoms with E-state index in [-0.39, 0.29) is 4.90 Å². The molecule has 0 atom stereocenters. The zero-order valence-electron chi connectivity index (χ0n) is 10.7. The first-order chi connectivity index (χ1) is 8.87. The molecule has 19 heavy (non-hydrogen) atoms. The predicted molar refractivity (Wildman–Crippen MR) is 75.4 cm³/mol. The summed E-state index contributed by atoms with van der Waals surface area (Å²) in [6.07, 6.45) is 1.48. The van der Waals surface area contributed by atoms with Gasteiger partial charge in [-0.15, -0.1) is 0 Å². The number of aromatic nitrogens is 1. The lowest BCUT2D eigenvalue weighted by Gasteiger charge is -2.09. The number of hydrogen-bond donors (Lipinski definition) is 2. The van der Waals surface area contributed by atoms with Gasteiger partial charge in [0, 0.05) is 11.4 Å². The average Bonchev–Trinajstić information content (AvgIpc) is 2.31. The van der Waals surface area contributed by atoms with Gasteiger partial charge in [-0.2, -0.15) is 0 Å². The van der Waals surface area contributed by atoms with Crippen molar-refractivity contribution in [2.45, 2.75) is 18.7 Å². The van der Waals surface area contributed by atoms with Gasteiger partial charge in [-0.3, -0.25) is 9.71 Å². The standard InChI is InChI=1S/C13H15N3O2S/c1-9-5-11(14)7-13(6-9)19(17,18)16-12-4-3-10(2)15-8-12/h3-8,16H,14H2,1-2H3. The fourth-order valence-electron chi connectivity index (χ4n) is 1.67. The number of hydrogen-bond acceptors (Lipinski definition) is 4. The van der Waals surface area contributed by atoms with Crippen molar-refractivity contribution in [3.8, 4) is 0 Å². The molecule has 100 valence electrons. The van der Waals surface area contributed by atoms with E-state index >= 15 is 0 Å². The molecule has 0 aliphatic carbocycles. The maximum Gasteiger partial charge on any atom is 0.262 e. The van der Waals surface area contributed by atoms with Crippen LogP contribution in [0.3, 0.4) is 0 Å². The number of anilines is 2. The second-order valence-corrected chi connectivity index (χ2v) is 6.06. The van der Waals surface area contributed by atoms with Gasteiger partial charge < -0.3 is 5.73 Å². The third-order valence-corrected chi connectivity index (χ3v) is 3.91. The zero-order chi connectivity index (χ0) is 14.0. The molecule has 0 fully saturated rings. The molecule has 0 spiro atoms. The van der Waals surface area contributed by atoms with Crippen LogP contribution in [0.1, 0.15) is 11.3 Å². The van der Waals surface area contributed by atoms with E-state index in [2.05, 4.69) is 9.71 Å². The van der Waals surface area contributed by atoms with Crippen molar-refractivity contribution in [1.29, 1.82) is 0 Å². The second kappa shape index (κ2) is 4.89. The van der Waals surface area contributed by atoms with Crippen molar-refractivity contribution in [2.24, 2.45) is 0 Å². The van der Waals surface area contributed by atoms with Crippen molar-refractivity contribution in [2.75, 3.05) is 10.5 Å². The van der Waals surface area contributed by atoms with Crippen LogP contribution >= 0.6 is 0 Å². The number of rotatable bonds is 3. The second-order valence-electron chi connectivity index (χ2n) is 4.37. The van der Waals surface area contributed by atoms with Crippen molar-refractivity contribution in [3.05, 3.63) is 47.8 Å². The number of nitrogen functional groups attached to an aromatic ring is 1. The summed E-state index contributed by atoms with van der Waals surface area (Å²) in [5.41, 5.74) is 8.12. The molecule has 0 unspecified atom stereocenters. The largest absolute Gasteiger partial charge is 0.399 e. The Labute approximate surface area is 112 Å². The van der Waals surface area contributed by atoms with Crippen molar-refractivity contribution in [3.63, 3.8) is 0 Å². The smallest absolute Gasteiger partial charge is 0.262 e. The molecule has 1 aromatic carbocycles. The van der Waals surface area contributed by atoms with E-state index in [9.17, 15) is 8.42 Å². The molecule has 1 aromatic heterocycles. The highest BCUT2D eigenvalue weighted by molar-refractivity contribution is 7.92. The first-order valence-corrected chi connectivity index (χ1v) is 7.18. The highest BCUT2D eigenvalue weighted by Crippen LogP contribution is 2.19. The molecule has 0 saturated heterocycles. The Morgan fingerprint density at radius 3 is 2.47 bits per heavy atom. The normalized spacial score (nSPS) is 11.3. The Balaban J connectivity index is 2.34. The molecule has 0 aliphatic rings. The molecule has 0 bridgehead atoms. The van der Waals surface area contributed by atoms with Crippen molar-refractivity contribution < 1.29 is 8.42 Å². The summed E-state index contributed by atoms with van der Waals surface area (Å²) in [6, 6.07) is 8.12. The SMILES string of the molecule is Cc1cc(N)cc(S(=O)(=O)Nc2ccc(C)nc2)c1. The molecule has 0 radical (unpaired) electrons. The van der Waals surface area contributed by atoms with Gasteiger partial charge in [-0.05, 0) is 49.7 Å². The molecule has 6 heteroatoms. The maximum atomic E-state index is 12.2. The van der Waals surface area contributed by atoms with Crippen LogP contribution in [0, 0.1) is 13.8 Å². The summed E-state index contributed by atoms with van der Waals surface area (Å²) >= 11 is 0. The Kier molecular flexibility index (Phi) is 3.44. The minimum atomic E-state index is -3.64. The summed E-state index contributed by atoms with van der Waals surface area (Å²) in [7, 11) is -3.64. The first kappa shape index (κ1) is 13.4. The van der Waals surface area contributed by atoms with E-state index in [1.54, 1.807) is 31.2 Å². The van der Waals surface area contributed by atoms with E-state index in [0.29, 0.717) is 11.4 Å². The van der Waals surface area contributed by atoms with Gasteiger partial charge in [0.1, 0.15) is 0 Å². The predicted octanol–water partition coefficient (Wildman–Crippen LogP) is 2.08. The average molecular weight is 277 g/mol. The Bertz CT molecular complexity index is 674. The van der Waals surface area contributed by atoms with E-state index in [1.807, 2.05) is 6.92 Å². The molecule has 0 saturated carbocycles. The third kappa shape index (κ3) is 3.23. The third-order valence-electron chi connectivity index (χ3n) is 2.55. The highest BCUT2D eigenvalue weighted by Gasteiger charge is 2.15. The van der Waals surface area contributed by atoms with E-state index in [0.717, 1.165) is 11.3 Å². The summed E-state index contributed by atoms with van der Waals surface area (Å²) in [5, 5.41) is 0. The molecule has 0 aliphatic heterocycles. The number of aryl methyl sites for hydroxylation is 2. The van der Waals surface area contributed by atoms with Gasteiger partial charge in [-0.1, -0.05) is 0 Å². The maximum absolute atomic E-state index is 12.2. The minimum absolute atomic E-state index is 0.144. The fraction of sp³-hybridized carbons (Fsp3) is 0.154. The first-order valence-electron chi connectivity index (χ1n) is 5.69. The van der Waals surface area contributed by atoms with Crippen LogP contribution in [-0.2, 0) is 10.0 Å². The lowest BCUT2D eigenvalue weighted by Crippen LogP contribution is -2.13. The minimum Gasteiger partial charge on any atom is -0.399 e. The number of nitrogens with zero attached hydrogens (tertiary/aromatic N) is 1. The monoisotopic (exact) mass is 277 g/mol. The topological polar surface area (TPSA) is 85.1 Å². The lowest BCUT2D eigenvalue weighted by molar-refractivity contribution is 0.601. The van der Waals surface area contributed by atoms with E-state index < -0.39 is 10.0 Å². The zero-order valence-corrected chi connectivity index (χ0v) is 11.5. The van der Waals surface area contributed by atoms with Gasteiger partial charge in [-0.25, -0.2) is 8.42 Å². The van der Waals surface area contributed by atoms with Gasteiger partial charge in [0.2, 0.25) is 0 Å². The summed E-state index contributed by atoms with van der Waals surface area (Å²) in [5.74, 6) is 0. The van der Waals surface area contributed by atoms with Crippen LogP contribution in [0.2, 0.25) is 0 Å². The van der Waals surface area contributed by atoms with Gasteiger partial charge >= 0.3 is 0 Å². The molecule has 0 amide bonds. The van der Waals surface area contributed by atoms with Crippen molar-refractivity contribution in [1.82, 2.24) is 4.98 Å². The van der Waals surface area contributed by atoms with Gasteiger partial charge in [0.05, 0.1) is 16.8 Å². The molecule has 5 nitrogen and oxygen atoms in total. The number of pyridine rings is 1. The van der Waals surface area contributed by atoms with Crippen LogP contribution < -0.4 is 10.5 Å². The molecular weight excluding hydrogens is 262 g/mol. The summed E-state index contributed by atoms with van der Waals surface area (Å²) in [4.78, 5) is 4.18. The van der Waals surface area contributed by atoms with Crippen molar-refractivity contribution >= 4 is 21.4 Å². The molecule has 2 aromatic rings. The Morgan fingerprint density at radius 1 is 1.16 bits per heavy atom. The highest BCUT2D eigenvalue weighted by atomic mass is 32.2. The Morgan fingerprint density at radius 2 is 1.89 bits per heavy atom. The van der Waals surface area contributed by atoms with Crippen LogP contribution in [0.5, 0.6) is 0 Å². The fourth-order valence-corrected chi connectivity index (χ4v) is 2.86. The molecule has 1 heterocycles. The number of sulfonamides is 1. The molecule has 2 rings (SSSR count). The van der Waals surface area contributed by atoms with Gasteiger partial charge in [0.15, 0.2) is 0 Å². The van der Waals surface area contributed by atoms with E-state index in [4.69, 9.17) is 5.73 Å². The van der Waals surface area contributed by atoms with Crippen LogP contribution in [0.15, 0.2) is 41.4 Å². The Hall–Kier alpha value is -2.08. The number of nitrogens with one attached hydrogen (secondary N) is 1.